The van der Waals surface area contributed by atoms with Crippen LogP contribution < -0.4 is 10.6 Å². The zero-order valence-corrected chi connectivity index (χ0v) is 16.0. The fourth-order valence-corrected chi connectivity index (χ4v) is 3.41. The summed E-state index contributed by atoms with van der Waals surface area (Å²) >= 11 is 1.34. The van der Waals surface area contributed by atoms with Crippen LogP contribution in [0.4, 0.5) is 24.5 Å². The summed E-state index contributed by atoms with van der Waals surface area (Å²) in [6.07, 6.45) is -1.35. The second-order valence-corrected chi connectivity index (χ2v) is 7.60. The topological polar surface area (TPSA) is 84.5 Å². The quantitative estimate of drug-likeness (QED) is 0.577. The third-order valence-electron chi connectivity index (χ3n) is 4.09. The van der Waals surface area contributed by atoms with Gasteiger partial charge in [-0.05, 0) is 44.2 Å². The lowest BCUT2D eigenvalue weighted by Crippen LogP contribution is -2.30. The number of halogens is 3. The number of hydrogen-bond acceptors (Lipinski definition) is 5. The Morgan fingerprint density at radius 3 is 2.62 bits per heavy atom. The summed E-state index contributed by atoms with van der Waals surface area (Å²) in [5.74, 6) is -6.66. The van der Waals surface area contributed by atoms with E-state index in [4.69, 9.17) is 4.74 Å². The third kappa shape index (κ3) is 4.37. The van der Waals surface area contributed by atoms with E-state index in [-0.39, 0.29) is 16.7 Å². The van der Waals surface area contributed by atoms with Gasteiger partial charge in [0.15, 0.2) is 23.6 Å². The van der Waals surface area contributed by atoms with Gasteiger partial charge in [0.05, 0.1) is 22.2 Å². The van der Waals surface area contributed by atoms with Crippen molar-refractivity contribution in [1.82, 2.24) is 0 Å². The Morgan fingerprint density at radius 1 is 1.17 bits per heavy atom. The average Bonchev–Trinajstić information content (AvgIpc) is 2.68. The van der Waals surface area contributed by atoms with Crippen molar-refractivity contribution in [3.8, 4) is 0 Å². The van der Waals surface area contributed by atoms with Crippen molar-refractivity contribution in [2.45, 2.75) is 30.1 Å². The number of rotatable bonds is 4. The second-order valence-electron chi connectivity index (χ2n) is 6.22. The number of hydrogen-bond donors (Lipinski definition) is 2. The van der Waals surface area contributed by atoms with Crippen molar-refractivity contribution in [1.29, 1.82) is 0 Å². The average molecular weight is 424 g/mol. The number of carbonyl (C=O) groups excluding carboxylic acids is 3. The summed E-state index contributed by atoms with van der Waals surface area (Å²) in [5.41, 5.74) is -0.0363. The van der Waals surface area contributed by atoms with Crippen molar-refractivity contribution in [3.05, 3.63) is 53.3 Å². The highest BCUT2D eigenvalue weighted by molar-refractivity contribution is 8.00. The number of nitrogens with one attached hydrogen (secondary N) is 2. The summed E-state index contributed by atoms with van der Waals surface area (Å²) in [6.45, 7) is 2.99. The first kappa shape index (κ1) is 20.7. The lowest BCUT2D eigenvalue weighted by molar-refractivity contribution is -0.123. The summed E-state index contributed by atoms with van der Waals surface area (Å²) < 4.78 is 44.9. The van der Waals surface area contributed by atoms with E-state index in [9.17, 15) is 27.6 Å². The molecule has 2 amide bonds. The van der Waals surface area contributed by atoms with Gasteiger partial charge < -0.3 is 15.4 Å². The first-order valence-corrected chi connectivity index (χ1v) is 9.32. The van der Waals surface area contributed by atoms with Crippen molar-refractivity contribution >= 4 is 40.9 Å². The molecule has 2 aromatic rings. The molecule has 10 heteroatoms. The van der Waals surface area contributed by atoms with E-state index in [0.717, 1.165) is 11.0 Å². The van der Waals surface area contributed by atoms with Crippen LogP contribution in [0.1, 0.15) is 24.2 Å². The highest BCUT2D eigenvalue weighted by atomic mass is 32.2. The third-order valence-corrected chi connectivity index (χ3v) is 5.27. The number of amides is 2. The highest BCUT2D eigenvalue weighted by Gasteiger charge is 2.26. The van der Waals surface area contributed by atoms with Crippen LogP contribution in [0.15, 0.2) is 35.2 Å². The minimum Gasteiger partial charge on any atom is -0.449 e. The Labute approximate surface area is 167 Å². The van der Waals surface area contributed by atoms with Gasteiger partial charge in [0, 0.05) is 4.90 Å². The maximum atomic E-state index is 13.7. The Hall–Kier alpha value is -3.01. The van der Waals surface area contributed by atoms with E-state index in [1.807, 2.05) is 5.32 Å². The fourth-order valence-electron chi connectivity index (χ4n) is 2.47. The normalized spacial score (nSPS) is 16.4. The first-order chi connectivity index (χ1) is 13.7. The minimum absolute atomic E-state index is 0.0952. The molecular formula is C19H15F3N2O4S. The monoisotopic (exact) mass is 424 g/mol. The Balaban J connectivity index is 1.68. The number of carbonyl (C=O) groups is 3. The Bertz CT molecular complexity index is 1020. The largest absolute Gasteiger partial charge is 0.449 e. The van der Waals surface area contributed by atoms with Crippen LogP contribution in [0.5, 0.6) is 0 Å². The SMILES string of the molecule is C[C@H](OC(=O)c1ccc2c(c1)NC(=O)[C@@H](C)S2)C(=O)Nc1ccc(F)c(F)c1F. The molecule has 29 heavy (non-hydrogen) atoms. The molecule has 6 nitrogen and oxygen atoms in total. The first-order valence-electron chi connectivity index (χ1n) is 8.44. The van der Waals surface area contributed by atoms with E-state index in [1.54, 1.807) is 13.0 Å². The van der Waals surface area contributed by atoms with E-state index >= 15 is 0 Å². The van der Waals surface area contributed by atoms with Crippen LogP contribution in [-0.2, 0) is 14.3 Å². The molecule has 1 heterocycles. The lowest BCUT2D eigenvalue weighted by atomic mass is 10.2. The van der Waals surface area contributed by atoms with Crippen LogP contribution in [0.25, 0.3) is 0 Å². The highest BCUT2D eigenvalue weighted by Crippen LogP contribution is 2.36. The predicted molar refractivity (Wildman–Crippen MR) is 100 cm³/mol. The molecule has 1 aliphatic heterocycles. The molecule has 0 aromatic heterocycles. The van der Waals surface area contributed by atoms with E-state index < -0.39 is 41.1 Å². The van der Waals surface area contributed by atoms with E-state index in [2.05, 4.69) is 5.32 Å². The van der Waals surface area contributed by atoms with Crippen LogP contribution in [-0.4, -0.2) is 29.1 Å². The number of thioether (sulfide) groups is 1. The van der Waals surface area contributed by atoms with Crippen molar-refractivity contribution in [3.63, 3.8) is 0 Å². The molecule has 0 saturated carbocycles. The van der Waals surface area contributed by atoms with Gasteiger partial charge in [-0.15, -0.1) is 11.8 Å². The van der Waals surface area contributed by atoms with Gasteiger partial charge in [-0.3, -0.25) is 9.59 Å². The molecule has 1 aliphatic rings. The standard InChI is InChI=1S/C19H15F3N2O4S/c1-8(17(25)23-12-5-4-11(20)15(21)16(12)22)28-19(27)10-3-6-14-13(7-10)24-18(26)9(2)29-14/h3-9H,1-2H3,(H,23,25)(H,24,26)/t8-,9+/m0/s1. The van der Waals surface area contributed by atoms with Crippen molar-refractivity contribution in [2.75, 3.05) is 10.6 Å². The number of anilines is 2. The smallest absolute Gasteiger partial charge is 0.338 e. The van der Waals surface area contributed by atoms with Crippen LogP contribution in [0.3, 0.4) is 0 Å². The molecule has 2 N–H and O–H groups in total. The van der Waals surface area contributed by atoms with Gasteiger partial charge in [-0.25, -0.2) is 18.0 Å². The maximum Gasteiger partial charge on any atom is 0.338 e. The predicted octanol–water partition coefficient (Wildman–Crippen LogP) is 3.72. The molecule has 0 aliphatic carbocycles. The van der Waals surface area contributed by atoms with Gasteiger partial charge >= 0.3 is 5.97 Å². The molecule has 2 aromatic carbocycles. The van der Waals surface area contributed by atoms with Crippen molar-refractivity contribution < 1.29 is 32.3 Å². The van der Waals surface area contributed by atoms with E-state index in [1.165, 1.54) is 30.8 Å². The van der Waals surface area contributed by atoms with Crippen molar-refractivity contribution in [2.24, 2.45) is 0 Å². The minimum atomic E-state index is -1.73. The number of fused-ring (bicyclic) bond motifs is 1. The van der Waals surface area contributed by atoms with Crippen LogP contribution in [0.2, 0.25) is 0 Å². The van der Waals surface area contributed by atoms with Gasteiger partial charge in [-0.2, -0.15) is 0 Å². The van der Waals surface area contributed by atoms with E-state index in [0.29, 0.717) is 11.8 Å². The number of benzene rings is 2. The fraction of sp³-hybridized carbons (Fsp3) is 0.211. The van der Waals surface area contributed by atoms with Gasteiger partial charge in [0.25, 0.3) is 5.91 Å². The lowest BCUT2D eigenvalue weighted by Gasteiger charge is -2.22. The molecule has 0 unspecified atom stereocenters. The Kier molecular flexibility index (Phi) is 5.83. The van der Waals surface area contributed by atoms with Gasteiger partial charge in [0.1, 0.15) is 0 Å². The maximum absolute atomic E-state index is 13.7. The molecule has 0 spiro atoms. The van der Waals surface area contributed by atoms with Gasteiger partial charge in [0.2, 0.25) is 5.91 Å². The summed E-state index contributed by atoms with van der Waals surface area (Å²) in [7, 11) is 0. The number of esters is 1. The molecule has 2 atom stereocenters. The van der Waals surface area contributed by atoms with Crippen LogP contribution >= 0.6 is 11.8 Å². The number of ether oxygens (including phenoxy) is 1. The summed E-state index contributed by atoms with van der Waals surface area (Å²) in [4.78, 5) is 37.0. The molecule has 0 saturated heterocycles. The molecule has 152 valence electrons. The molecule has 0 radical (unpaired) electrons. The molecule has 0 fully saturated rings. The summed E-state index contributed by atoms with van der Waals surface area (Å²) in [5, 5.41) is 4.45. The summed E-state index contributed by atoms with van der Waals surface area (Å²) in [6, 6.07) is 6.07. The molecule has 0 bridgehead atoms. The second kappa shape index (κ2) is 8.16. The molecule has 3 rings (SSSR count). The van der Waals surface area contributed by atoms with Gasteiger partial charge in [-0.1, -0.05) is 0 Å². The zero-order valence-electron chi connectivity index (χ0n) is 15.2. The molecular weight excluding hydrogens is 409 g/mol. The Morgan fingerprint density at radius 2 is 1.90 bits per heavy atom. The van der Waals surface area contributed by atoms with Crippen LogP contribution in [0, 0.1) is 17.5 Å². The zero-order chi connectivity index (χ0) is 21.3.